The molecular weight excluding hydrogens is 124 g/mol. The van der Waals surface area contributed by atoms with Crippen molar-refractivity contribution in [2.45, 2.75) is 52.6 Å². The van der Waals surface area contributed by atoms with E-state index in [1.165, 1.54) is 0 Å². The predicted molar refractivity (Wildman–Crippen MR) is 44.4 cm³/mol. The van der Waals surface area contributed by atoms with Crippen molar-refractivity contribution < 1.29 is 0 Å². The summed E-state index contributed by atoms with van der Waals surface area (Å²) >= 11 is 0. The molecule has 0 aromatic rings. The summed E-state index contributed by atoms with van der Waals surface area (Å²) in [6.07, 6.45) is 0. The van der Waals surface area contributed by atoms with Crippen molar-refractivity contribution in [2.75, 3.05) is 0 Å². The van der Waals surface area contributed by atoms with Crippen LogP contribution in [-0.2, 0) is 0 Å². The summed E-state index contributed by atoms with van der Waals surface area (Å²) in [5.74, 6) is 0. The second-order valence-electron chi connectivity index (χ2n) is 4.54. The Bertz CT molecular complexity index is 107. The van der Waals surface area contributed by atoms with Crippen molar-refractivity contribution in [1.82, 2.24) is 0 Å². The van der Waals surface area contributed by atoms with Gasteiger partial charge in [-0.15, -0.1) is 0 Å². The third-order valence-corrected chi connectivity index (χ3v) is 0.650. The second-order valence-corrected chi connectivity index (χ2v) is 4.54. The van der Waals surface area contributed by atoms with Crippen LogP contribution >= 0.6 is 0 Å². The van der Waals surface area contributed by atoms with Gasteiger partial charge in [-0.05, 0) is 41.5 Å². The van der Waals surface area contributed by atoms with Crippen LogP contribution in [0.4, 0.5) is 0 Å². The Labute approximate surface area is 63.7 Å². The molecular formula is C8H18N2. The maximum absolute atomic E-state index is 4.15. The summed E-state index contributed by atoms with van der Waals surface area (Å²) < 4.78 is 0. The first-order chi connectivity index (χ1) is 4.21. The molecule has 0 unspecified atom stereocenters. The molecule has 0 aromatic heterocycles. The fourth-order valence-corrected chi connectivity index (χ4v) is 0.300. The van der Waals surface area contributed by atoms with E-state index < -0.39 is 0 Å². The first-order valence-electron chi connectivity index (χ1n) is 3.65. The molecule has 0 saturated heterocycles. The minimum absolute atomic E-state index is 0.0344. The molecule has 0 spiro atoms. The lowest BCUT2D eigenvalue weighted by Crippen LogP contribution is -2.14. The lowest BCUT2D eigenvalue weighted by Gasteiger charge is -2.15. The van der Waals surface area contributed by atoms with E-state index in [0.717, 1.165) is 0 Å². The third kappa shape index (κ3) is 7.60. The molecule has 0 aliphatic rings. The zero-order valence-corrected chi connectivity index (χ0v) is 7.89. The van der Waals surface area contributed by atoms with Gasteiger partial charge in [0.2, 0.25) is 0 Å². The fraction of sp³-hybridized carbons (Fsp3) is 1.00. The number of nitrogens with zero attached hydrogens (tertiary/aromatic N) is 2. The minimum Gasteiger partial charge on any atom is -0.188 e. The van der Waals surface area contributed by atoms with Crippen molar-refractivity contribution >= 4 is 0 Å². The largest absolute Gasteiger partial charge is 0.188 e. The van der Waals surface area contributed by atoms with Crippen LogP contribution in [0.2, 0.25) is 0 Å². The molecule has 0 saturated carbocycles. The van der Waals surface area contributed by atoms with Gasteiger partial charge in [0.15, 0.2) is 0 Å². The SMILES string of the molecule is CC(C)(C)N=NC(C)(C)C. The summed E-state index contributed by atoms with van der Waals surface area (Å²) in [5, 5.41) is 8.31. The van der Waals surface area contributed by atoms with Gasteiger partial charge >= 0.3 is 0 Å². The molecule has 0 radical (unpaired) electrons. The van der Waals surface area contributed by atoms with Gasteiger partial charge in [-0.2, -0.15) is 10.2 Å². The third-order valence-electron chi connectivity index (χ3n) is 0.650. The molecule has 2 heteroatoms. The molecule has 0 heterocycles. The molecule has 2 nitrogen and oxygen atoms in total. The quantitative estimate of drug-likeness (QED) is 0.464. The van der Waals surface area contributed by atoms with E-state index in [-0.39, 0.29) is 11.1 Å². The van der Waals surface area contributed by atoms with Crippen LogP contribution in [0.3, 0.4) is 0 Å². The highest BCUT2D eigenvalue weighted by molar-refractivity contribution is 4.72. The first-order valence-corrected chi connectivity index (χ1v) is 3.65. The Morgan fingerprint density at radius 3 is 0.900 bits per heavy atom. The molecule has 0 bridgehead atoms. The predicted octanol–water partition coefficient (Wildman–Crippen LogP) is 3.04. The van der Waals surface area contributed by atoms with Gasteiger partial charge in [-0.3, -0.25) is 0 Å². The van der Waals surface area contributed by atoms with Crippen molar-refractivity contribution in [2.24, 2.45) is 10.2 Å². The Balaban J connectivity index is 4.01. The Kier molecular flexibility index (Phi) is 2.58. The average Bonchev–Trinajstić information content (AvgIpc) is 1.57. The van der Waals surface area contributed by atoms with E-state index in [9.17, 15) is 0 Å². The first kappa shape index (κ1) is 9.60. The maximum Gasteiger partial charge on any atom is 0.0732 e. The monoisotopic (exact) mass is 142 g/mol. The molecule has 0 atom stereocenters. The van der Waals surface area contributed by atoms with Crippen molar-refractivity contribution in [1.29, 1.82) is 0 Å². The summed E-state index contributed by atoms with van der Waals surface area (Å²) in [6.45, 7) is 12.3. The molecule has 10 heavy (non-hydrogen) atoms. The minimum atomic E-state index is -0.0344. The standard InChI is InChI=1S/C8H18N2/c1-7(2,3)9-10-8(4,5)6/h1-6H3. The fourth-order valence-electron chi connectivity index (χ4n) is 0.300. The summed E-state index contributed by atoms with van der Waals surface area (Å²) in [6, 6.07) is 0. The van der Waals surface area contributed by atoms with Gasteiger partial charge in [-0.25, -0.2) is 0 Å². The van der Waals surface area contributed by atoms with E-state index in [1.807, 2.05) is 41.5 Å². The number of azo groups is 1. The molecule has 0 N–H and O–H groups in total. The summed E-state index contributed by atoms with van der Waals surface area (Å²) in [7, 11) is 0. The normalized spacial score (nSPS) is 14.6. The van der Waals surface area contributed by atoms with Crippen molar-refractivity contribution in [3.8, 4) is 0 Å². The maximum atomic E-state index is 4.15. The van der Waals surface area contributed by atoms with Crippen molar-refractivity contribution in [3.05, 3.63) is 0 Å². The average molecular weight is 142 g/mol. The molecule has 0 fully saturated rings. The van der Waals surface area contributed by atoms with Gasteiger partial charge in [0.05, 0.1) is 11.1 Å². The van der Waals surface area contributed by atoms with Crippen molar-refractivity contribution in [3.63, 3.8) is 0 Å². The zero-order chi connectivity index (χ0) is 8.41. The molecule has 0 aromatic carbocycles. The van der Waals surface area contributed by atoms with E-state index in [4.69, 9.17) is 0 Å². The van der Waals surface area contributed by atoms with Crippen LogP contribution in [0.1, 0.15) is 41.5 Å². The van der Waals surface area contributed by atoms with E-state index in [2.05, 4.69) is 10.2 Å². The van der Waals surface area contributed by atoms with E-state index in [0.29, 0.717) is 0 Å². The highest BCUT2D eigenvalue weighted by Crippen LogP contribution is 2.13. The lowest BCUT2D eigenvalue weighted by atomic mass is 10.1. The number of rotatable bonds is 0. The van der Waals surface area contributed by atoms with E-state index >= 15 is 0 Å². The summed E-state index contributed by atoms with van der Waals surface area (Å²) in [5.41, 5.74) is -0.0689. The highest BCUT2D eigenvalue weighted by Gasteiger charge is 2.11. The van der Waals surface area contributed by atoms with Crippen LogP contribution in [0.25, 0.3) is 0 Å². The Morgan fingerprint density at radius 1 is 0.600 bits per heavy atom. The molecule has 0 amide bonds. The molecule has 0 aliphatic heterocycles. The van der Waals surface area contributed by atoms with Gasteiger partial charge in [0.1, 0.15) is 0 Å². The Hall–Kier alpha value is -0.400. The van der Waals surface area contributed by atoms with Crippen LogP contribution < -0.4 is 0 Å². The van der Waals surface area contributed by atoms with Gasteiger partial charge in [-0.1, -0.05) is 0 Å². The zero-order valence-electron chi connectivity index (χ0n) is 7.89. The lowest BCUT2D eigenvalue weighted by molar-refractivity contribution is 0.465. The number of hydrogen-bond donors (Lipinski definition) is 0. The molecule has 60 valence electrons. The van der Waals surface area contributed by atoms with E-state index in [1.54, 1.807) is 0 Å². The summed E-state index contributed by atoms with van der Waals surface area (Å²) in [4.78, 5) is 0. The number of hydrogen-bond acceptors (Lipinski definition) is 2. The topological polar surface area (TPSA) is 24.7 Å². The van der Waals surface area contributed by atoms with Gasteiger partial charge in [0.25, 0.3) is 0 Å². The van der Waals surface area contributed by atoms with Crippen LogP contribution in [-0.4, -0.2) is 11.1 Å². The highest BCUT2D eigenvalue weighted by atomic mass is 15.2. The molecule has 0 aliphatic carbocycles. The van der Waals surface area contributed by atoms with Crippen LogP contribution in [0.5, 0.6) is 0 Å². The smallest absolute Gasteiger partial charge is 0.0732 e. The van der Waals surface area contributed by atoms with Crippen LogP contribution in [0.15, 0.2) is 10.2 Å². The van der Waals surface area contributed by atoms with Crippen LogP contribution in [0, 0.1) is 0 Å². The second kappa shape index (κ2) is 2.69. The van der Waals surface area contributed by atoms with Gasteiger partial charge in [0, 0.05) is 0 Å². The van der Waals surface area contributed by atoms with Gasteiger partial charge < -0.3 is 0 Å². The Morgan fingerprint density at radius 2 is 0.800 bits per heavy atom. The molecule has 0 rings (SSSR count).